The van der Waals surface area contributed by atoms with E-state index in [1.165, 1.54) is 7.11 Å². The number of ether oxygens (including phenoxy) is 4. The van der Waals surface area contributed by atoms with Gasteiger partial charge in [-0.3, -0.25) is 12.9 Å². The summed E-state index contributed by atoms with van der Waals surface area (Å²) in [6.07, 6.45) is 0. The molecule has 0 amide bonds. The van der Waals surface area contributed by atoms with Crippen LogP contribution in [0, 0.1) is 23.3 Å². The lowest BCUT2D eigenvalue weighted by atomic mass is 9.80. The Morgan fingerprint density at radius 1 is 0.471 bits per heavy atom. The molecule has 0 radical (unpaired) electrons. The van der Waals surface area contributed by atoms with Crippen molar-refractivity contribution < 1.29 is 64.2 Å². The summed E-state index contributed by atoms with van der Waals surface area (Å²) in [7, 11) is -2.84. The number of halogens is 10. The van der Waals surface area contributed by atoms with E-state index in [1.807, 2.05) is 91.0 Å². The molecule has 1 aliphatic heterocycles. The molecular formula is C50H36B2Br2F8O6S2. The van der Waals surface area contributed by atoms with Crippen molar-refractivity contribution in [2.45, 2.75) is 24.5 Å². The van der Waals surface area contributed by atoms with Crippen molar-refractivity contribution in [3.63, 3.8) is 0 Å². The van der Waals surface area contributed by atoms with Crippen LogP contribution in [0.5, 0.6) is 34.5 Å². The van der Waals surface area contributed by atoms with E-state index in [0.717, 1.165) is 78.2 Å². The number of methoxy groups -OCH3 is 2. The summed E-state index contributed by atoms with van der Waals surface area (Å²) < 4.78 is 109. The van der Waals surface area contributed by atoms with Crippen molar-refractivity contribution in [2.75, 3.05) is 14.2 Å². The van der Waals surface area contributed by atoms with E-state index in [0.29, 0.717) is 42.3 Å². The highest BCUT2D eigenvalue weighted by Crippen LogP contribution is 2.49. The second-order valence-corrected chi connectivity index (χ2v) is 19.0. The number of hydrogen-bond acceptors (Lipinski definition) is 7. The summed E-state index contributed by atoms with van der Waals surface area (Å²) in [6, 6.07) is 49.4. The molecule has 20 heteroatoms. The zero-order valence-corrected chi connectivity index (χ0v) is 41.2. The zero-order valence-electron chi connectivity index (χ0n) is 36.4. The van der Waals surface area contributed by atoms with Gasteiger partial charge in [-0.25, -0.2) is 17.6 Å². The molecule has 0 atom stereocenters. The molecule has 1 heterocycles. The first-order chi connectivity index (χ1) is 33.1. The van der Waals surface area contributed by atoms with E-state index < -0.39 is 48.8 Å². The molecule has 6 nitrogen and oxygen atoms in total. The average Bonchev–Trinajstić information content (AvgIpc) is 3.34. The van der Waals surface area contributed by atoms with Crippen LogP contribution in [0.25, 0.3) is 11.1 Å². The number of hydrogen-bond donors (Lipinski definition) is 2. The van der Waals surface area contributed by atoms with Gasteiger partial charge in [0.05, 0.1) is 24.0 Å². The summed E-state index contributed by atoms with van der Waals surface area (Å²) in [4.78, 5) is 2.73. The minimum Gasteiger partial charge on any atom is -1.00 e. The van der Waals surface area contributed by atoms with Crippen LogP contribution < -0.4 is 29.1 Å². The van der Waals surface area contributed by atoms with Gasteiger partial charge in [-0.05, 0) is 138 Å². The predicted molar refractivity (Wildman–Crippen MR) is 264 cm³/mol. The summed E-state index contributed by atoms with van der Waals surface area (Å²) in [5, 5.41) is 17.5. The number of benzene rings is 8. The van der Waals surface area contributed by atoms with Gasteiger partial charge in [0.15, 0.2) is 38.0 Å². The van der Waals surface area contributed by atoms with Gasteiger partial charge in [-0.1, -0.05) is 80.0 Å². The van der Waals surface area contributed by atoms with Crippen molar-refractivity contribution in [2.24, 2.45) is 0 Å². The van der Waals surface area contributed by atoms with Crippen LogP contribution in [-0.4, -0.2) is 38.9 Å². The molecule has 0 unspecified atom stereocenters. The minimum absolute atomic E-state index is 0. The second kappa shape index (κ2) is 26.4. The Morgan fingerprint density at radius 2 is 0.857 bits per heavy atom. The molecule has 0 saturated carbocycles. The normalized spacial score (nSPS) is 11.0. The highest BCUT2D eigenvalue weighted by Gasteiger charge is 2.40. The summed E-state index contributed by atoms with van der Waals surface area (Å²) in [5.41, 5.74) is 2.68. The lowest BCUT2D eigenvalue weighted by Crippen LogP contribution is -3.00. The molecule has 1 aliphatic rings. The monoisotopic (exact) mass is 1130 g/mol. The van der Waals surface area contributed by atoms with Gasteiger partial charge in [-0.2, -0.15) is 0 Å². The first-order valence-electron chi connectivity index (χ1n) is 20.1. The standard InChI is InChI=1S/C24H12BrF4OS2.C19H15BrO2.C7H9BO3.BF3.FH/c25-13-1-3-14(4-2-13)30-15-5-7-16(8-6-15)32-23-11-19(28)17(26)9-21(23)31-22-10-18(27)20(29)12-24(22)32;1-21-19-4-2-3-15(13-19)14-5-9-17(10-6-14)22-18-11-7-16(20)8-12-18;1-11-7-4-2-3-6(5-7)8(9)10;2-1(3)4;/h1-12H;2-13H,1H3;2-5,9-10H,1H3;;1H/q+1;;;;/p-1. The molecular weight excluding hydrogens is 1090 g/mol. The van der Waals surface area contributed by atoms with Gasteiger partial charge in [0, 0.05) is 21.1 Å². The summed E-state index contributed by atoms with van der Waals surface area (Å²) in [5.74, 6) is 0.416. The van der Waals surface area contributed by atoms with Crippen molar-refractivity contribution >= 4 is 74.6 Å². The maximum atomic E-state index is 14.1. The number of fused-ring (bicyclic) bond motifs is 2. The molecule has 2 N–H and O–H groups in total. The quantitative estimate of drug-likeness (QED) is 0.0847. The highest BCUT2D eigenvalue weighted by atomic mass is 79.9. The molecule has 0 fully saturated rings. The Morgan fingerprint density at radius 3 is 1.29 bits per heavy atom. The van der Waals surface area contributed by atoms with Crippen LogP contribution in [0.4, 0.5) is 30.5 Å². The van der Waals surface area contributed by atoms with Gasteiger partial charge in [-0.15, -0.1) is 0 Å². The zero-order chi connectivity index (χ0) is 49.6. The molecule has 9 rings (SSSR count). The third-order valence-electron chi connectivity index (χ3n) is 9.44. The fourth-order valence-electron chi connectivity index (χ4n) is 6.23. The Hall–Kier alpha value is -5.89. The number of rotatable bonds is 9. The lowest BCUT2D eigenvalue weighted by molar-refractivity contribution is -0.0000222. The second-order valence-electron chi connectivity index (χ2n) is 14.1. The molecule has 8 aromatic rings. The maximum Gasteiger partial charge on any atom is 0.762 e. The molecule has 8 aromatic carbocycles. The molecule has 0 bridgehead atoms. The molecule has 360 valence electrons. The molecule has 0 spiro atoms. The van der Waals surface area contributed by atoms with Gasteiger partial charge in [0.1, 0.15) is 45.4 Å². The van der Waals surface area contributed by atoms with E-state index in [9.17, 15) is 30.5 Å². The third kappa shape index (κ3) is 15.6. The largest absolute Gasteiger partial charge is 1.00 e. The first-order valence-corrected chi connectivity index (χ1v) is 23.8. The molecule has 0 aliphatic carbocycles. The lowest BCUT2D eigenvalue weighted by Gasteiger charge is -2.19. The Labute approximate surface area is 422 Å². The SMILES string of the molecule is COc1cccc(-c2ccc(Oc3ccc(Br)cc3)cc2)c1.COc1cccc(B(O)O)c1.FB(F)F.Fc1cc2c(cc1F)[S+](c1ccc(Oc3ccc(Br)cc3)cc1)c1cc(F)c(F)cc1S2.[F-]. The smallest absolute Gasteiger partial charge is 0.762 e. The average molecular weight is 1130 g/mol. The van der Waals surface area contributed by atoms with Gasteiger partial charge < -0.3 is 33.7 Å². The highest BCUT2D eigenvalue weighted by molar-refractivity contribution is 9.10. The Kier molecular flexibility index (Phi) is 20.7. The van der Waals surface area contributed by atoms with Crippen molar-refractivity contribution in [3.05, 3.63) is 202 Å². The fourth-order valence-corrected chi connectivity index (χ4v) is 10.5. The van der Waals surface area contributed by atoms with E-state index in [-0.39, 0.29) is 4.70 Å². The third-order valence-corrected chi connectivity index (χ3v) is 14.2. The molecule has 0 saturated heterocycles. The fraction of sp³-hybridized carbons (Fsp3) is 0.0400. The Balaban J connectivity index is 0.000000207. The minimum atomic E-state index is -3.67. The summed E-state index contributed by atoms with van der Waals surface area (Å²) >= 11 is 7.88. The van der Waals surface area contributed by atoms with Crippen LogP contribution in [0.1, 0.15) is 0 Å². The molecule has 70 heavy (non-hydrogen) atoms. The maximum absolute atomic E-state index is 14.1. The van der Waals surface area contributed by atoms with Gasteiger partial charge >= 0.3 is 14.7 Å². The van der Waals surface area contributed by atoms with E-state index in [1.54, 1.807) is 55.6 Å². The van der Waals surface area contributed by atoms with E-state index in [4.69, 9.17) is 29.0 Å². The van der Waals surface area contributed by atoms with E-state index >= 15 is 0 Å². The van der Waals surface area contributed by atoms with Gasteiger partial charge in [0.2, 0.25) is 0 Å². The Bertz CT molecular complexity index is 2890. The predicted octanol–water partition coefficient (Wildman–Crippen LogP) is 11.5. The van der Waals surface area contributed by atoms with Crippen LogP contribution in [0.3, 0.4) is 0 Å². The van der Waals surface area contributed by atoms with Crippen molar-refractivity contribution in [3.8, 4) is 45.6 Å². The van der Waals surface area contributed by atoms with Crippen LogP contribution >= 0.6 is 43.6 Å². The van der Waals surface area contributed by atoms with E-state index in [2.05, 4.69) is 37.9 Å². The van der Waals surface area contributed by atoms with Crippen LogP contribution in [0.15, 0.2) is 203 Å². The van der Waals surface area contributed by atoms with Crippen molar-refractivity contribution in [1.82, 2.24) is 0 Å². The van der Waals surface area contributed by atoms with Crippen molar-refractivity contribution in [1.29, 1.82) is 0 Å². The topological polar surface area (TPSA) is 77.4 Å². The first kappa shape index (κ1) is 55.0. The van der Waals surface area contributed by atoms with Gasteiger partial charge in [0.25, 0.3) is 0 Å². The van der Waals surface area contributed by atoms with Crippen LogP contribution in [0.2, 0.25) is 0 Å². The molecule has 0 aromatic heterocycles. The van der Waals surface area contributed by atoms with Crippen LogP contribution in [-0.2, 0) is 10.9 Å². The summed E-state index contributed by atoms with van der Waals surface area (Å²) in [6.45, 7) is 0.